The number of carboxylic acid groups (broad SMARTS) is 1. The Morgan fingerprint density at radius 3 is 2.68 bits per heavy atom. The summed E-state index contributed by atoms with van der Waals surface area (Å²) in [7, 11) is 1.62. The van der Waals surface area contributed by atoms with Crippen LogP contribution in [0, 0.1) is 11.6 Å². The summed E-state index contributed by atoms with van der Waals surface area (Å²) in [5.41, 5.74) is 1.86. The van der Waals surface area contributed by atoms with Crippen molar-refractivity contribution in [3.63, 3.8) is 0 Å². The second kappa shape index (κ2) is 8.52. The molecule has 0 aliphatic carbocycles. The number of carboxylic acids is 1. The number of ether oxygens (including phenoxy) is 1. The average Bonchev–Trinajstić information content (AvgIpc) is 3.30. The Hall–Kier alpha value is -4.58. The van der Waals surface area contributed by atoms with E-state index in [1.807, 2.05) is 4.90 Å². The predicted octanol–water partition coefficient (Wildman–Crippen LogP) is 3.25. The van der Waals surface area contributed by atoms with E-state index in [2.05, 4.69) is 20.3 Å². The van der Waals surface area contributed by atoms with Gasteiger partial charge in [0.1, 0.15) is 16.9 Å². The number of aromatic amines is 1. The van der Waals surface area contributed by atoms with Gasteiger partial charge in [0.2, 0.25) is 0 Å². The van der Waals surface area contributed by atoms with E-state index in [-0.39, 0.29) is 11.0 Å². The van der Waals surface area contributed by atoms with Gasteiger partial charge in [-0.3, -0.25) is 9.20 Å². The highest BCUT2D eigenvalue weighted by atomic mass is 19.2. The molecule has 3 N–H and O–H groups in total. The molecule has 6 rings (SSSR count). The van der Waals surface area contributed by atoms with Crippen LogP contribution in [0.5, 0.6) is 0 Å². The number of hydrogen-bond acceptors (Lipinski definition) is 7. The first-order valence-electron chi connectivity index (χ1n) is 11.5. The zero-order chi connectivity index (χ0) is 25.8. The summed E-state index contributed by atoms with van der Waals surface area (Å²) in [6.45, 7) is 1.86. The molecule has 5 aromatic rings. The van der Waals surface area contributed by atoms with Gasteiger partial charge in [0.25, 0.3) is 5.56 Å². The van der Waals surface area contributed by atoms with E-state index < -0.39 is 28.7 Å². The molecule has 188 valence electrons. The zero-order valence-electron chi connectivity index (χ0n) is 19.5. The molecule has 4 aromatic heterocycles. The van der Waals surface area contributed by atoms with E-state index in [9.17, 15) is 19.1 Å². The minimum absolute atomic E-state index is 0.0583. The van der Waals surface area contributed by atoms with Crippen LogP contribution in [0.1, 0.15) is 10.4 Å². The third-order valence-electron chi connectivity index (χ3n) is 6.60. The van der Waals surface area contributed by atoms with Crippen LogP contribution in [0.2, 0.25) is 0 Å². The van der Waals surface area contributed by atoms with E-state index >= 15 is 4.39 Å². The van der Waals surface area contributed by atoms with E-state index in [4.69, 9.17) is 4.74 Å². The molecule has 1 aliphatic rings. The average molecular weight is 506 g/mol. The molecule has 37 heavy (non-hydrogen) atoms. The normalized spacial score (nSPS) is 14.1. The van der Waals surface area contributed by atoms with Gasteiger partial charge >= 0.3 is 5.97 Å². The molecule has 0 spiro atoms. The summed E-state index contributed by atoms with van der Waals surface area (Å²) in [4.78, 5) is 38.0. The maximum absolute atomic E-state index is 15.3. The number of nitrogens with zero attached hydrogens (tertiary/aromatic N) is 4. The van der Waals surface area contributed by atoms with Crippen LogP contribution in [0.3, 0.4) is 0 Å². The van der Waals surface area contributed by atoms with Crippen molar-refractivity contribution in [2.24, 2.45) is 0 Å². The van der Waals surface area contributed by atoms with Crippen LogP contribution in [-0.4, -0.2) is 63.8 Å². The van der Waals surface area contributed by atoms with Crippen LogP contribution >= 0.6 is 0 Å². The number of anilines is 2. The van der Waals surface area contributed by atoms with Crippen molar-refractivity contribution >= 4 is 44.9 Å². The molecule has 0 radical (unpaired) electrons. The number of H-pyrrole nitrogens is 1. The molecule has 5 heterocycles. The molecule has 1 aliphatic heterocycles. The summed E-state index contributed by atoms with van der Waals surface area (Å²) in [6, 6.07) is 4.40. The van der Waals surface area contributed by atoms with Crippen LogP contribution in [-0.2, 0) is 4.74 Å². The summed E-state index contributed by atoms with van der Waals surface area (Å²) < 4.78 is 36.7. The maximum atomic E-state index is 15.3. The minimum Gasteiger partial charge on any atom is -0.477 e. The first kappa shape index (κ1) is 22.9. The topological polar surface area (TPSA) is 125 Å². The van der Waals surface area contributed by atoms with Crippen LogP contribution in [0.25, 0.3) is 38.7 Å². The number of rotatable bonds is 4. The van der Waals surface area contributed by atoms with Crippen LogP contribution in [0.15, 0.2) is 41.6 Å². The monoisotopic (exact) mass is 506 g/mol. The van der Waals surface area contributed by atoms with Gasteiger partial charge in [-0.2, -0.15) is 0 Å². The van der Waals surface area contributed by atoms with Crippen molar-refractivity contribution in [2.75, 3.05) is 43.6 Å². The molecule has 0 bridgehead atoms. The summed E-state index contributed by atoms with van der Waals surface area (Å²) >= 11 is 0. The number of hydrogen-bond donors (Lipinski definition) is 3. The number of aromatic carboxylic acids is 1. The molecule has 1 aromatic carbocycles. The van der Waals surface area contributed by atoms with Crippen molar-refractivity contribution in [2.45, 2.75) is 0 Å². The smallest absolute Gasteiger partial charge is 0.342 e. The lowest BCUT2D eigenvalue weighted by Crippen LogP contribution is -2.36. The Morgan fingerprint density at radius 1 is 1.16 bits per heavy atom. The highest BCUT2D eigenvalue weighted by Gasteiger charge is 2.26. The lowest BCUT2D eigenvalue weighted by atomic mass is 10.0. The summed E-state index contributed by atoms with van der Waals surface area (Å²) in [6.07, 6.45) is 4.10. The van der Waals surface area contributed by atoms with Crippen LogP contribution in [0.4, 0.5) is 20.2 Å². The number of aromatic nitrogens is 4. The molecule has 0 amide bonds. The fourth-order valence-corrected chi connectivity index (χ4v) is 4.85. The Labute approximate surface area is 207 Å². The Kier molecular flexibility index (Phi) is 5.26. The highest BCUT2D eigenvalue weighted by Crippen LogP contribution is 2.43. The number of benzene rings is 1. The maximum Gasteiger partial charge on any atom is 0.342 e. The lowest BCUT2D eigenvalue weighted by Gasteiger charge is -2.31. The van der Waals surface area contributed by atoms with E-state index in [1.165, 1.54) is 6.20 Å². The van der Waals surface area contributed by atoms with Crippen molar-refractivity contribution in [1.29, 1.82) is 0 Å². The van der Waals surface area contributed by atoms with Gasteiger partial charge in [-0.25, -0.2) is 23.5 Å². The Morgan fingerprint density at radius 2 is 1.95 bits per heavy atom. The van der Waals surface area contributed by atoms with Crippen molar-refractivity contribution in [3.05, 3.63) is 64.3 Å². The molecule has 12 heteroatoms. The SMILES string of the molecule is CNc1cc(F)c(F)c2c1[nH]c1ncc(-c3ccc4ncc(C(=O)O)c(=O)n4c3)c(N3CCOCC3)c12. The summed E-state index contributed by atoms with van der Waals surface area (Å²) in [5.74, 6) is -3.38. The zero-order valence-corrected chi connectivity index (χ0v) is 19.5. The minimum atomic E-state index is -1.38. The second-order valence-corrected chi connectivity index (χ2v) is 8.62. The molecular weight excluding hydrogens is 486 g/mol. The lowest BCUT2D eigenvalue weighted by molar-refractivity contribution is 0.0694. The van der Waals surface area contributed by atoms with Gasteiger partial charge in [0.05, 0.1) is 40.9 Å². The van der Waals surface area contributed by atoms with Crippen molar-refractivity contribution in [3.8, 4) is 11.1 Å². The molecule has 0 atom stereocenters. The number of morpholine rings is 1. The van der Waals surface area contributed by atoms with Gasteiger partial charge in [0, 0.05) is 55.9 Å². The van der Waals surface area contributed by atoms with Crippen molar-refractivity contribution in [1.82, 2.24) is 19.4 Å². The molecular formula is C25H20F2N6O4. The molecule has 1 saturated heterocycles. The fourth-order valence-electron chi connectivity index (χ4n) is 4.85. The third-order valence-corrected chi connectivity index (χ3v) is 6.60. The third kappa shape index (κ3) is 3.48. The molecule has 0 unspecified atom stereocenters. The fraction of sp³-hybridized carbons (Fsp3) is 0.200. The molecule has 1 fully saturated rings. The Balaban J connectivity index is 1.71. The van der Waals surface area contributed by atoms with Crippen molar-refractivity contribution < 1.29 is 23.4 Å². The number of halogens is 2. The quantitative estimate of drug-likeness (QED) is 0.339. The first-order chi connectivity index (χ1) is 17.9. The number of carbonyl (C=O) groups is 1. The molecule has 0 saturated carbocycles. The van der Waals surface area contributed by atoms with Gasteiger partial charge in [0.15, 0.2) is 11.6 Å². The van der Waals surface area contributed by atoms with Gasteiger partial charge < -0.3 is 25.0 Å². The van der Waals surface area contributed by atoms with E-state index in [0.717, 1.165) is 16.7 Å². The number of pyridine rings is 2. The standard InChI is InChI=1S/C25H20F2N6O4/c1-28-16-8-15(26)20(27)18-19-22(32-4-6-37-7-5-32)13(9-30-23(19)31-21(16)18)12-2-3-17-29-10-14(25(35)36)24(34)33(17)11-12/h2-3,8-11,28H,4-7H2,1H3,(H,30,31)(H,35,36). The van der Waals surface area contributed by atoms with Gasteiger partial charge in [-0.1, -0.05) is 0 Å². The highest BCUT2D eigenvalue weighted by molar-refractivity contribution is 6.18. The Bertz CT molecular complexity index is 1790. The van der Waals surface area contributed by atoms with Crippen LogP contribution < -0.4 is 15.8 Å². The predicted molar refractivity (Wildman–Crippen MR) is 134 cm³/mol. The molecule has 10 nitrogen and oxygen atoms in total. The second-order valence-electron chi connectivity index (χ2n) is 8.62. The number of fused-ring (bicyclic) bond motifs is 4. The van der Waals surface area contributed by atoms with Gasteiger partial charge in [-0.05, 0) is 12.1 Å². The van der Waals surface area contributed by atoms with Gasteiger partial charge in [-0.15, -0.1) is 0 Å². The number of nitrogens with one attached hydrogen (secondary N) is 2. The summed E-state index contributed by atoms with van der Waals surface area (Å²) in [5, 5.41) is 12.7. The van der Waals surface area contributed by atoms with E-state index in [1.54, 1.807) is 25.4 Å². The van der Waals surface area contributed by atoms with E-state index in [0.29, 0.717) is 65.4 Å². The first-order valence-corrected chi connectivity index (χ1v) is 11.5. The largest absolute Gasteiger partial charge is 0.477 e.